The van der Waals surface area contributed by atoms with Crippen LogP contribution in [0.2, 0.25) is 0 Å². The van der Waals surface area contributed by atoms with Crippen molar-refractivity contribution in [2.75, 3.05) is 0 Å². The van der Waals surface area contributed by atoms with Gasteiger partial charge in [-0.25, -0.2) is 0 Å². The maximum Gasteiger partial charge on any atom is 0.149 e. The Morgan fingerprint density at radius 1 is 1.43 bits per heavy atom. The number of rotatable bonds is 2. The van der Waals surface area contributed by atoms with Gasteiger partial charge in [-0.05, 0) is 39.8 Å². The molecule has 1 aromatic heterocycles. The van der Waals surface area contributed by atoms with Crippen LogP contribution in [0.4, 0.5) is 0 Å². The largest absolute Gasteiger partial charge is 0.591 e. The molecule has 0 bridgehead atoms. The van der Waals surface area contributed by atoms with Gasteiger partial charge >= 0.3 is 0 Å². The molecule has 0 unspecified atom stereocenters. The Balaban J connectivity index is 2.65. The third kappa shape index (κ3) is 3.20. The van der Waals surface area contributed by atoms with Crippen LogP contribution in [0.5, 0.6) is 0 Å². The average molecular weight is 213 g/mol. The van der Waals surface area contributed by atoms with Crippen molar-refractivity contribution in [3.63, 3.8) is 0 Å². The molecule has 1 atom stereocenters. The van der Waals surface area contributed by atoms with Gasteiger partial charge in [0.2, 0.25) is 0 Å². The fraction of sp³-hybridized carbons (Fsp3) is 0.500. The highest BCUT2D eigenvalue weighted by Gasteiger charge is 2.25. The predicted molar refractivity (Wildman–Crippen MR) is 58.9 cm³/mol. The monoisotopic (exact) mass is 213 g/mol. The van der Waals surface area contributed by atoms with Crippen molar-refractivity contribution >= 4 is 17.6 Å². The molecule has 0 fully saturated rings. The van der Waals surface area contributed by atoms with E-state index in [9.17, 15) is 4.55 Å². The Bertz CT molecular complexity index is 325. The third-order valence-electron chi connectivity index (χ3n) is 1.56. The zero-order valence-corrected chi connectivity index (χ0v) is 9.72. The van der Waals surface area contributed by atoms with Crippen LogP contribution in [-0.4, -0.2) is 15.5 Å². The molecule has 0 aromatic carbocycles. The minimum atomic E-state index is -1.22. The number of aryl methyl sites for hydroxylation is 1. The molecule has 1 rings (SSSR count). The fourth-order valence-corrected chi connectivity index (χ4v) is 1.30. The second-order valence-corrected chi connectivity index (χ2v) is 5.98. The minimum absolute atomic E-state index is 0.321. The van der Waals surface area contributed by atoms with E-state index in [1.165, 1.54) is 6.21 Å². The quantitative estimate of drug-likeness (QED) is 0.559. The summed E-state index contributed by atoms with van der Waals surface area (Å²) in [6.07, 6.45) is 1.51. The third-order valence-corrected chi connectivity index (χ3v) is 2.91. The molecule has 0 saturated carbocycles. The molecule has 0 amide bonds. The van der Waals surface area contributed by atoms with Gasteiger partial charge in [0.05, 0.1) is 0 Å². The van der Waals surface area contributed by atoms with Gasteiger partial charge in [0.15, 0.2) is 0 Å². The Morgan fingerprint density at radius 2 is 2.07 bits per heavy atom. The summed E-state index contributed by atoms with van der Waals surface area (Å²) in [5.41, 5.74) is 0. The van der Waals surface area contributed by atoms with Gasteiger partial charge in [-0.3, -0.25) is 0 Å². The van der Waals surface area contributed by atoms with Gasteiger partial charge in [0, 0.05) is 0 Å². The van der Waals surface area contributed by atoms with Gasteiger partial charge in [-0.2, -0.15) is 0 Å². The van der Waals surface area contributed by atoms with E-state index in [0.717, 1.165) is 5.76 Å². The van der Waals surface area contributed by atoms with E-state index >= 15 is 0 Å². The Kier molecular flexibility index (Phi) is 3.39. The Morgan fingerprint density at radius 3 is 2.50 bits per heavy atom. The first kappa shape index (κ1) is 11.3. The van der Waals surface area contributed by atoms with E-state index in [4.69, 9.17) is 4.42 Å². The lowest BCUT2D eigenvalue weighted by molar-refractivity contribution is 0.527. The lowest BCUT2D eigenvalue weighted by atomic mass is 10.3. The van der Waals surface area contributed by atoms with Gasteiger partial charge in [0.1, 0.15) is 33.8 Å². The summed E-state index contributed by atoms with van der Waals surface area (Å²) in [5, 5.41) is 0. The second kappa shape index (κ2) is 4.19. The Hall–Kier alpha value is -0.740. The van der Waals surface area contributed by atoms with Gasteiger partial charge in [-0.1, -0.05) is 4.40 Å². The van der Waals surface area contributed by atoms with E-state index in [2.05, 4.69) is 4.40 Å². The topological polar surface area (TPSA) is 48.6 Å². The van der Waals surface area contributed by atoms with E-state index < -0.39 is 11.4 Å². The molecule has 0 aliphatic carbocycles. The molecular formula is C10H15NO2S. The number of hydrogen-bond acceptors (Lipinski definition) is 3. The van der Waals surface area contributed by atoms with Crippen LogP contribution in [-0.2, 0) is 11.4 Å². The molecule has 0 spiro atoms. The van der Waals surface area contributed by atoms with E-state index in [-0.39, 0.29) is 4.75 Å². The van der Waals surface area contributed by atoms with Crippen LogP contribution < -0.4 is 0 Å². The van der Waals surface area contributed by atoms with Crippen LogP contribution in [0.15, 0.2) is 20.9 Å². The van der Waals surface area contributed by atoms with Crippen molar-refractivity contribution in [2.45, 2.75) is 32.4 Å². The molecule has 0 N–H and O–H groups in total. The molecule has 0 radical (unpaired) electrons. The molecule has 4 heteroatoms. The van der Waals surface area contributed by atoms with Crippen molar-refractivity contribution in [2.24, 2.45) is 4.40 Å². The molecule has 1 heterocycles. The lowest BCUT2D eigenvalue weighted by Gasteiger charge is -2.17. The first-order valence-corrected chi connectivity index (χ1v) is 5.53. The summed E-state index contributed by atoms with van der Waals surface area (Å²) in [4.78, 5) is 0. The zero-order chi connectivity index (χ0) is 10.8. The minimum Gasteiger partial charge on any atom is -0.591 e. The molecular weight excluding hydrogens is 198 g/mol. The highest BCUT2D eigenvalue weighted by Crippen LogP contribution is 2.17. The summed E-state index contributed by atoms with van der Waals surface area (Å²) in [6.45, 7) is 7.51. The first-order valence-electron chi connectivity index (χ1n) is 4.42. The standard InChI is InChI=1S/C10H15NO2S/c1-8-5-6-9(13-8)7-11-14(12)10(2,3)4/h5-7H,1-4H3/t14-/m0/s1. The average Bonchev–Trinajstić information content (AvgIpc) is 2.45. The summed E-state index contributed by atoms with van der Waals surface area (Å²) in [6, 6.07) is 3.65. The molecule has 1 aromatic rings. The van der Waals surface area contributed by atoms with Crippen LogP contribution in [0, 0.1) is 6.92 Å². The SMILES string of the molecule is Cc1ccc(C=N[S@@+]([O-])C(C)(C)C)o1. The number of hydrogen-bond donors (Lipinski definition) is 0. The van der Waals surface area contributed by atoms with E-state index in [1.54, 1.807) is 6.07 Å². The maximum absolute atomic E-state index is 11.5. The van der Waals surface area contributed by atoms with Crippen LogP contribution in [0.1, 0.15) is 32.3 Å². The van der Waals surface area contributed by atoms with Crippen molar-refractivity contribution in [1.82, 2.24) is 0 Å². The fourth-order valence-electron chi connectivity index (χ4n) is 0.781. The van der Waals surface area contributed by atoms with Gasteiger partial charge in [0.25, 0.3) is 0 Å². The van der Waals surface area contributed by atoms with Gasteiger partial charge < -0.3 is 8.97 Å². The molecule has 3 nitrogen and oxygen atoms in total. The van der Waals surface area contributed by atoms with Crippen molar-refractivity contribution < 1.29 is 8.97 Å². The molecule has 0 aliphatic heterocycles. The Labute approximate surface area is 87.5 Å². The van der Waals surface area contributed by atoms with Crippen LogP contribution in [0.25, 0.3) is 0 Å². The predicted octanol–water partition coefficient (Wildman–Crippen LogP) is 2.47. The summed E-state index contributed by atoms with van der Waals surface area (Å²) < 4.78 is 20.4. The zero-order valence-electron chi connectivity index (χ0n) is 8.90. The van der Waals surface area contributed by atoms with Crippen LogP contribution >= 0.6 is 0 Å². The first-order chi connectivity index (χ1) is 6.39. The van der Waals surface area contributed by atoms with Crippen molar-refractivity contribution in [3.05, 3.63) is 23.7 Å². The van der Waals surface area contributed by atoms with Crippen molar-refractivity contribution in [1.29, 1.82) is 0 Å². The number of nitrogens with zero attached hydrogens (tertiary/aromatic N) is 1. The molecule has 0 aliphatic rings. The van der Waals surface area contributed by atoms with Gasteiger partial charge in [-0.15, -0.1) is 0 Å². The summed E-state index contributed by atoms with van der Waals surface area (Å²) in [7, 11) is 0. The molecule has 78 valence electrons. The van der Waals surface area contributed by atoms with E-state index in [0.29, 0.717) is 5.76 Å². The maximum atomic E-state index is 11.5. The molecule has 0 saturated heterocycles. The summed E-state index contributed by atoms with van der Waals surface area (Å²) >= 11 is -1.22. The number of furan rings is 1. The normalized spacial score (nSPS) is 14.9. The summed E-state index contributed by atoms with van der Waals surface area (Å²) in [5.74, 6) is 1.47. The highest BCUT2D eigenvalue weighted by molar-refractivity contribution is 7.91. The van der Waals surface area contributed by atoms with Crippen LogP contribution in [0.3, 0.4) is 0 Å². The van der Waals surface area contributed by atoms with E-state index in [1.807, 2.05) is 33.8 Å². The highest BCUT2D eigenvalue weighted by atomic mass is 32.2. The second-order valence-electron chi connectivity index (χ2n) is 4.04. The van der Waals surface area contributed by atoms with Crippen molar-refractivity contribution in [3.8, 4) is 0 Å². The smallest absolute Gasteiger partial charge is 0.149 e. The lowest BCUT2D eigenvalue weighted by Crippen LogP contribution is -2.25. The molecule has 14 heavy (non-hydrogen) atoms.